The fraction of sp³-hybridized carbons (Fsp3) is 0.615. The second-order valence-corrected chi connectivity index (χ2v) is 9.92. The Bertz CT molecular complexity index is 952. The van der Waals surface area contributed by atoms with E-state index >= 15 is 0 Å². The molecule has 1 aromatic carbocycles. The Morgan fingerprint density at radius 3 is 2.48 bits per heavy atom. The lowest BCUT2D eigenvalue weighted by Crippen LogP contribution is -2.33. The maximum Gasteiger partial charge on any atom is 0.139 e. The van der Waals surface area contributed by atoms with Gasteiger partial charge in [0, 0.05) is 43.3 Å². The molecule has 7 nitrogen and oxygen atoms in total. The molecule has 0 unspecified atom stereocenters. The predicted molar refractivity (Wildman–Crippen MR) is 134 cm³/mol. The highest BCUT2D eigenvalue weighted by Crippen LogP contribution is 2.55. The molecule has 33 heavy (non-hydrogen) atoms. The summed E-state index contributed by atoms with van der Waals surface area (Å²) in [7, 11) is 3.69. The number of nitrogens with two attached hydrogens (primary N) is 2. The Labute approximate surface area is 197 Å². The van der Waals surface area contributed by atoms with Gasteiger partial charge < -0.3 is 26.2 Å². The molecule has 180 valence electrons. The molecule has 5 N–H and O–H groups in total. The van der Waals surface area contributed by atoms with Gasteiger partial charge in [0.1, 0.15) is 17.9 Å². The first-order chi connectivity index (χ1) is 16.0. The highest BCUT2D eigenvalue weighted by Gasteiger charge is 2.44. The van der Waals surface area contributed by atoms with Crippen LogP contribution in [0, 0.1) is 0 Å². The molecule has 1 heterocycles. The Hall–Kier alpha value is -2.38. The van der Waals surface area contributed by atoms with E-state index in [9.17, 15) is 5.11 Å². The Kier molecular flexibility index (Phi) is 7.39. The summed E-state index contributed by atoms with van der Waals surface area (Å²) < 4.78 is 5.22. The molecule has 3 aliphatic rings. The van der Waals surface area contributed by atoms with Crippen LogP contribution in [0.25, 0.3) is 11.3 Å². The second kappa shape index (κ2) is 10.3. The summed E-state index contributed by atoms with van der Waals surface area (Å²) in [5, 5.41) is 10.6. The lowest BCUT2D eigenvalue weighted by atomic mass is 9.67. The van der Waals surface area contributed by atoms with Gasteiger partial charge in [-0.25, -0.2) is 9.97 Å². The van der Waals surface area contributed by atoms with Crippen molar-refractivity contribution in [2.75, 3.05) is 37.9 Å². The minimum absolute atomic E-state index is 0.0156. The average molecular weight is 454 g/mol. The van der Waals surface area contributed by atoms with E-state index in [2.05, 4.69) is 14.9 Å². The van der Waals surface area contributed by atoms with Crippen LogP contribution in [0.15, 0.2) is 18.5 Å². The zero-order valence-corrected chi connectivity index (χ0v) is 20.1. The number of benzene rings is 1. The number of fused-ring (bicyclic) bond motifs is 4. The Balaban J connectivity index is 0.000000318. The summed E-state index contributed by atoms with van der Waals surface area (Å²) in [4.78, 5) is 11.0. The van der Waals surface area contributed by atoms with Gasteiger partial charge in [0.15, 0.2) is 0 Å². The lowest BCUT2D eigenvalue weighted by molar-refractivity contribution is 0.206. The summed E-state index contributed by atoms with van der Waals surface area (Å²) in [6, 6.07) is 4.26. The smallest absolute Gasteiger partial charge is 0.139 e. The van der Waals surface area contributed by atoms with Gasteiger partial charge in [-0.3, -0.25) is 0 Å². The van der Waals surface area contributed by atoms with Crippen LogP contribution < -0.4 is 16.4 Å². The van der Waals surface area contributed by atoms with Gasteiger partial charge >= 0.3 is 0 Å². The molecular weight excluding hydrogens is 414 g/mol. The van der Waals surface area contributed by atoms with Crippen LogP contribution >= 0.6 is 0 Å². The molecule has 3 aliphatic carbocycles. The first-order valence-electron chi connectivity index (χ1n) is 12.4. The van der Waals surface area contributed by atoms with E-state index in [-0.39, 0.29) is 5.41 Å². The van der Waals surface area contributed by atoms with Gasteiger partial charge in [0.2, 0.25) is 0 Å². The molecule has 0 saturated heterocycles. The zero-order chi connectivity index (χ0) is 23.4. The van der Waals surface area contributed by atoms with Gasteiger partial charge in [0.05, 0.1) is 18.0 Å². The van der Waals surface area contributed by atoms with Gasteiger partial charge in [0.25, 0.3) is 0 Å². The van der Waals surface area contributed by atoms with Crippen LogP contribution in [-0.2, 0) is 16.6 Å². The molecule has 1 spiro atoms. The molecular formula is C26H39N5O2. The van der Waals surface area contributed by atoms with Gasteiger partial charge in [-0.15, -0.1) is 0 Å². The van der Waals surface area contributed by atoms with Crippen molar-refractivity contribution in [3.63, 3.8) is 0 Å². The number of hydrogen-bond acceptors (Lipinski definition) is 7. The number of likely N-dealkylation sites (N-methyl/N-ethyl adjacent to an activating group) is 1. The van der Waals surface area contributed by atoms with Crippen LogP contribution in [0.3, 0.4) is 0 Å². The molecule has 0 atom stereocenters. The van der Waals surface area contributed by atoms with Crippen molar-refractivity contribution in [1.82, 2.24) is 9.97 Å². The molecule has 2 fully saturated rings. The van der Waals surface area contributed by atoms with Crippen molar-refractivity contribution < 1.29 is 9.84 Å². The summed E-state index contributed by atoms with van der Waals surface area (Å²) >= 11 is 0. The van der Waals surface area contributed by atoms with E-state index in [1.807, 2.05) is 13.1 Å². The highest BCUT2D eigenvalue weighted by molar-refractivity contribution is 5.83. The number of rotatable bonds is 4. The molecule has 5 rings (SSSR count). The number of hydrogen-bond donors (Lipinski definition) is 3. The third-order valence-corrected chi connectivity index (χ3v) is 7.66. The molecule has 2 saturated carbocycles. The number of ether oxygens (including phenoxy) is 1. The molecule has 2 aromatic rings. The second-order valence-electron chi connectivity index (χ2n) is 9.92. The van der Waals surface area contributed by atoms with Crippen molar-refractivity contribution in [2.45, 2.75) is 75.7 Å². The molecule has 0 radical (unpaired) electrons. The largest absolute Gasteiger partial charge is 0.506 e. The van der Waals surface area contributed by atoms with E-state index in [4.69, 9.17) is 16.2 Å². The first kappa shape index (κ1) is 23.8. The fourth-order valence-electron chi connectivity index (χ4n) is 5.96. The molecule has 0 amide bonds. The predicted octanol–water partition coefficient (Wildman–Crippen LogP) is 4.16. The third-order valence-electron chi connectivity index (χ3n) is 7.66. The number of nitrogens with zero attached hydrogens (tertiary/aromatic N) is 3. The number of phenolic OH excluding ortho intramolecular Hbond substituents is 1. The third kappa shape index (κ3) is 4.80. The summed E-state index contributed by atoms with van der Waals surface area (Å²) in [6.07, 6.45) is 13.6. The SMILES string of the molecule is COCCN(C)c1c(O)ccc2c1CC1(CCCC1)c1c(N)ncnc1-2.NC1CCCCC1. The van der Waals surface area contributed by atoms with Crippen molar-refractivity contribution in [3.8, 4) is 17.0 Å². The fourth-order valence-corrected chi connectivity index (χ4v) is 5.96. The van der Waals surface area contributed by atoms with Crippen LogP contribution in [0.1, 0.15) is 68.9 Å². The summed E-state index contributed by atoms with van der Waals surface area (Å²) in [5.74, 6) is 0.908. The van der Waals surface area contributed by atoms with Crippen LogP contribution in [0.2, 0.25) is 0 Å². The average Bonchev–Trinajstić information content (AvgIpc) is 3.27. The van der Waals surface area contributed by atoms with Crippen molar-refractivity contribution in [3.05, 3.63) is 29.6 Å². The molecule has 0 bridgehead atoms. The molecule has 0 aliphatic heterocycles. The number of phenols is 1. The zero-order valence-electron chi connectivity index (χ0n) is 20.1. The van der Waals surface area contributed by atoms with E-state index in [1.165, 1.54) is 44.9 Å². The highest BCUT2D eigenvalue weighted by atomic mass is 16.5. The maximum atomic E-state index is 10.6. The van der Waals surface area contributed by atoms with Crippen molar-refractivity contribution in [1.29, 1.82) is 0 Å². The summed E-state index contributed by atoms with van der Waals surface area (Å²) in [6.45, 7) is 1.32. The number of nitrogen functional groups attached to an aromatic ring is 1. The van der Waals surface area contributed by atoms with E-state index in [0.717, 1.165) is 47.3 Å². The van der Waals surface area contributed by atoms with E-state index in [1.54, 1.807) is 19.5 Å². The van der Waals surface area contributed by atoms with Crippen LogP contribution in [-0.4, -0.2) is 48.4 Å². The minimum atomic E-state index is -0.0156. The Morgan fingerprint density at radius 1 is 1.12 bits per heavy atom. The lowest BCUT2D eigenvalue weighted by Gasteiger charge is -2.39. The monoisotopic (exact) mass is 453 g/mol. The maximum absolute atomic E-state index is 10.6. The first-order valence-corrected chi connectivity index (χ1v) is 12.4. The topological polar surface area (TPSA) is 111 Å². The van der Waals surface area contributed by atoms with E-state index < -0.39 is 0 Å². The standard InChI is InChI=1S/C20H26N4O2.C6H13N/c1-24(9-10-26-2)18-14-11-20(7-3-4-8-20)16-17(22-12-23-19(16)21)13(14)5-6-15(18)25;7-6-4-2-1-3-5-6/h5-6,12,25H,3-4,7-11H2,1-2H3,(H2,21,22,23);6H,1-5,7H2. The van der Waals surface area contributed by atoms with Crippen LogP contribution in [0.5, 0.6) is 5.75 Å². The van der Waals surface area contributed by atoms with Crippen molar-refractivity contribution in [2.24, 2.45) is 5.73 Å². The number of aromatic hydroxyl groups is 1. The quantitative estimate of drug-likeness (QED) is 0.637. The normalized spacial score (nSPS) is 18.9. The summed E-state index contributed by atoms with van der Waals surface area (Å²) in [5.41, 5.74) is 17.1. The van der Waals surface area contributed by atoms with Crippen LogP contribution in [0.4, 0.5) is 11.5 Å². The Morgan fingerprint density at radius 2 is 1.85 bits per heavy atom. The van der Waals surface area contributed by atoms with E-state index in [0.29, 0.717) is 30.8 Å². The number of methoxy groups -OCH3 is 1. The van der Waals surface area contributed by atoms with Gasteiger partial charge in [-0.1, -0.05) is 32.1 Å². The molecule has 1 aromatic heterocycles. The minimum Gasteiger partial charge on any atom is -0.506 e. The number of aromatic nitrogens is 2. The van der Waals surface area contributed by atoms with Crippen molar-refractivity contribution >= 4 is 11.5 Å². The molecule has 7 heteroatoms. The van der Waals surface area contributed by atoms with Gasteiger partial charge in [-0.05, 0) is 49.8 Å². The number of anilines is 2. The van der Waals surface area contributed by atoms with Gasteiger partial charge in [-0.2, -0.15) is 0 Å².